The highest BCUT2D eigenvalue weighted by atomic mass is 16.6. The number of carbonyl (C=O) groups is 1. The van der Waals surface area contributed by atoms with Gasteiger partial charge in [-0.15, -0.1) is 0 Å². The number of anilines is 1. The molecule has 27 heavy (non-hydrogen) atoms. The van der Waals surface area contributed by atoms with Crippen molar-refractivity contribution in [3.8, 4) is 5.75 Å². The lowest BCUT2D eigenvalue weighted by atomic mass is 10.1. The van der Waals surface area contributed by atoms with Crippen LogP contribution in [0.25, 0.3) is 10.8 Å². The fourth-order valence-electron chi connectivity index (χ4n) is 2.69. The molecule has 0 aliphatic carbocycles. The molecular weight excluding hydrogens is 354 g/mol. The molecule has 1 N–H and O–H groups in total. The van der Waals surface area contributed by atoms with Gasteiger partial charge >= 0.3 is 0 Å². The summed E-state index contributed by atoms with van der Waals surface area (Å²) >= 11 is 0. The van der Waals surface area contributed by atoms with Crippen LogP contribution >= 0.6 is 0 Å². The van der Waals surface area contributed by atoms with Crippen LogP contribution in [0.15, 0.2) is 54.6 Å². The molecule has 3 aromatic carbocycles. The molecule has 0 aliphatic heterocycles. The number of nitrogens with one attached hydrogen (secondary N) is 1. The Hall–Kier alpha value is -4.01. The molecular formula is C18H13N3O6. The Kier molecular flexibility index (Phi) is 4.67. The molecule has 9 heteroatoms. The van der Waals surface area contributed by atoms with Crippen LogP contribution in [0.2, 0.25) is 0 Å². The molecule has 0 bridgehead atoms. The van der Waals surface area contributed by atoms with Crippen LogP contribution in [-0.4, -0.2) is 22.9 Å². The summed E-state index contributed by atoms with van der Waals surface area (Å²) < 4.78 is 5.29. The maximum absolute atomic E-state index is 12.6. The molecule has 9 nitrogen and oxygen atoms in total. The molecule has 0 atom stereocenters. The van der Waals surface area contributed by atoms with E-state index < -0.39 is 27.1 Å². The van der Waals surface area contributed by atoms with Crippen molar-refractivity contribution < 1.29 is 19.4 Å². The summed E-state index contributed by atoms with van der Waals surface area (Å²) in [6, 6.07) is 13.3. The van der Waals surface area contributed by atoms with Crippen LogP contribution in [0, 0.1) is 20.2 Å². The molecule has 0 saturated heterocycles. The predicted octanol–water partition coefficient (Wildman–Crippen LogP) is 3.92. The number of non-ortho nitro benzene ring substituents is 2. The summed E-state index contributed by atoms with van der Waals surface area (Å²) in [6.07, 6.45) is 0. The first-order valence-electron chi connectivity index (χ1n) is 7.71. The van der Waals surface area contributed by atoms with Crippen molar-refractivity contribution in [3.63, 3.8) is 0 Å². The molecule has 0 unspecified atom stereocenters. The number of benzene rings is 3. The number of hydrogen-bond acceptors (Lipinski definition) is 6. The molecule has 0 aromatic heterocycles. The number of rotatable bonds is 5. The van der Waals surface area contributed by atoms with E-state index in [2.05, 4.69) is 5.32 Å². The van der Waals surface area contributed by atoms with E-state index in [1.807, 2.05) is 12.1 Å². The highest BCUT2D eigenvalue weighted by Gasteiger charge is 2.20. The summed E-state index contributed by atoms with van der Waals surface area (Å²) in [5.74, 6) is -0.0771. The van der Waals surface area contributed by atoms with E-state index in [9.17, 15) is 25.0 Å². The Morgan fingerprint density at radius 1 is 0.926 bits per heavy atom. The van der Waals surface area contributed by atoms with Gasteiger partial charge in [0.15, 0.2) is 0 Å². The topological polar surface area (TPSA) is 125 Å². The third-order valence-corrected chi connectivity index (χ3v) is 3.94. The van der Waals surface area contributed by atoms with Gasteiger partial charge < -0.3 is 10.1 Å². The molecule has 0 heterocycles. The molecule has 3 aromatic rings. The average Bonchev–Trinajstić information content (AvgIpc) is 2.67. The smallest absolute Gasteiger partial charge is 0.277 e. The second-order valence-electron chi connectivity index (χ2n) is 5.57. The summed E-state index contributed by atoms with van der Waals surface area (Å²) in [7, 11) is 1.53. The number of nitro benzene ring substituents is 2. The summed E-state index contributed by atoms with van der Waals surface area (Å²) in [4.78, 5) is 33.0. The van der Waals surface area contributed by atoms with Crippen molar-refractivity contribution in [2.75, 3.05) is 12.4 Å². The van der Waals surface area contributed by atoms with Crippen LogP contribution in [0.4, 0.5) is 17.1 Å². The minimum Gasteiger partial charge on any atom is -0.496 e. The van der Waals surface area contributed by atoms with Gasteiger partial charge in [0.05, 0.1) is 28.6 Å². The predicted molar refractivity (Wildman–Crippen MR) is 98.2 cm³/mol. The van der Waals surface area contributed by atoms with Crippen molar-refractivity contribution in [1.29, 1.82) is 0 Å². The summed E-state index contributed by atoms with van der Waals surface area (Å²) in [5.41, 5.74) is -0.802. The highest BCUT2D eigenvalue weighted by molar-refractivity contribution is 6.10. The Bertz CT molecular complexity index is 1050. The monoisotopic (exact) mass is 367 g/mol. The van der Waals surface area contributed by atoms with E-state index in [1.165, 1.54) is 7.11 Å². The Labute approximate surface area is 152 Å². The van der Waals surface area contributed by atoms with Gasteiger partial charge in [0, 0.05) is 28.6 Å². The second kappa shape index (κ2) is 7.08. The number of hydrogen-bond donors (Lipinski definition) is 1. The molecule has 3 rings (SSSR count). The van der Waals surface area contributed by atoms with Gasteiger partial charge in [-0.25, -0.2) is 0 Å². The van der Waals surface area contributed by atoms with Crippen molar-refractivity contribution in [2.24, 2.45) is 0 Å². The Balaban J connectivity index is 2.03. The van der Waals surface area contributed by atoms with Crippen molar-refractivity contribution in [3.05, 3.63) is 80.4 Å². The maximum atomic E-state index is 12.6. The molecule has 0 saturated carbocycles. The lowest BCUT2D eigenvalue weighted by molar-refractivity contribution is -0.394. The molecule has 0 radical (unpaired) electrons. The number of methoxy groups -OCH3 is 1. The minimum absolute atomic E-state index is 0.184. The van der Waals surface area contributed by atoms with E-state index in [4.69, 9.17) is 4.74 Å². The van der Waals surface area contributed by atoms with Crippen LogP contribution in [-0.2, 0) is 0 Å². The van der Waals surface area contributed by atoms with Gasteiger partial charge in [-0.05, 0) is 12.1 Å². The van der Waals surface area contributed by atoms with Gasteiger partial charge in [-0.2, -0.15) is 0 Å². The number of fused-ring (bicyclic) bond motifs is 1. The van der Waals surface area contributed by atoms with Crippen LogP contribution in [0.5, 0.6) is 5.75 Å². The van der Waals surface area contributed by atoms with Crippen LogP contribution < -0.4 is 10.1 Å². The number of nitro groups is 2. The SMILES string of the molecule is COc1ccc(NC(=O)c2cc([N+](=O)[O-])cc([N+](=O)[O-])c2)c2ccccc12. The minimum atomic E-state index is -0.785. The largest absolute Gasteiger partial charge is 0.496 e. The Morgan fingerprint density at radius 2 is 1.52 bits per heavy atom. The zero-order valence-electron chi connectivity index (χ0n) is 14.0. The average molecular weight is 367 g/mol. The van der Waals surface area contributed by atoms with E-state index >= 15 is 0 Å². The maximum Gasteiger partial charge on any atom is 0.277 e. The zero-order valence-corrected chi connectivity index (χ0v) is 14.0. The second-order valence-corrected chi connectivity index (χ2v) is 5.57. The molecule has 0 fully saturated rings. The number of nitrogens with zero attached hydrogens (tertiary/aromatic N) is 2. The van der Waals surface area contributed by atoms with Gasteiger partial charge in [0.1, 0.15) is 5.75 Å². The fraction of sp³-hybridized carbons (Fsp3) is 0.0556. The number of ether oxygens (including phenoxy) is 1. The van der Waals surface area contributed by atoms with E-state index in [0.29, 0.717) is 16.8 Å². The van der Waals surface area contributed by atoms with E-state index in [1.54, 1.807) is 24.3 Å². The normalized spacial score (nSPS) is 10.4. The van der Waals surface area contributed by atoms with Gasteiger partial charge in [-0.3, -0.25) is 25.0 Å². The lowest BCUT2D eigenvalue weighted by Gasteiger charge is -2.11. The molecule has 1 amide bonds. The van der Waals surface area contributed by atoms with Gasteiger partial charge in [0.2, 0.25) is 0 Å². The van der Waals surface area contributed by atoms with Gasteiger partial charge in [-0.1, -0.05) is 24.3 Å². The first-order valence-corrected chi connectivity index (χ1v) is 7.71. The fourth-order valence-corrected chi connectivity index (χ4v) is 2.69. The van der Waals surface area contributed by atoms with Gasteiger partial charge in [0.25, 0.3) is 17.3 Å². The molecule has 0 aliphatic rings. The van der Waals surface area contributed by atoms with E-state index in [-0.39, 0.29) is 5.56 Å². The third-order valence-electron chi connectivity index (χ3n) is 3.94. The highest BCUT2D eigenvalue weighted by Crippen LogP contribution is 2.32. The van der Waals surface area contributed by atoms with E-state index in [0.717, 1.165) is 23.6 Å². The molecule has 0 spiro atoms. The Morgan fingerprint density at radius 3 is 2.07 bits per heavy atom. The van der Waals surface area contributed by atoms with Crippen molar-refractivity contribution in [2.45, 2.75) is 0 Å². The number of amides is 1. The zero-order chi connectivity index (χ0) is 19.6. The summed E-state index contributed by atoms with van der Waals surface area (Å²) in [5, 5.41) is 26.1. The lowest BCUT2D eigenvalue weighted by Crippen LogP contribution is -2.13. The third kappa shape index (κ3) is 3.52. The van der Waals surface area contributed by atoms with Crippen LogP contribution in [0.1, 0.15) is 10.4 Å². The first kappa shape index (κ1) is 17.8. The van der Waals surface area contributed by atoms with Crippen molar-refractivity contribution in [1.82, 2.24) is 0 Å². The molecule has 136 valence electrons. The summed E-state index contributed by atoms with van der Waals surface area (Å²) in [6.45, 7) is 0. The standard InChI is InChI=1S/C18H13N3O6/c1-27-17-7-6-16(14-4-2-3-5-15(14)17)19-18(22)11-8-12(20(23)24)10-13(9-11)21(25)26/h2-10H,1H3,(H,19,22). The number of carbonyl (C=O) groups excluding carboxylic acids is 1. The first-order chi connectivity index (χ1) is 12.9. The van der Waals surface area contributed by atoms with Crippen LogP contribution in [0.3, 0.4) is 0 Å². The quantitative estimate of drug-likeness (QED) is 0.538. The van der Waals surface area contributed by atoms with Crippen molar-refractivity contribution >= 4 is 33.7 Å².